The second-order valence-corrected chi connectivity index (χ2v) is 10.7. The monoisotopic (exact) mass is 500 g/mol. The summed E-state index contributed by atoms with van der Waals surface area (Å²) in [5, 5.41) is 0. The molecule has 182 valence electrons. The Morgan fingerprint density at radius 3 is 1.35 bits per heavy atom. The van der Waals surface area contributed by atoms with Gasteiger partial charge < -0.3 is 0 Å². The van der Waals surface area contributed by atoms with Crippen LogP contribution < -0.4 is 0 Å². The van der Waals surface area contributed by atoms with Crippen molar-refractivity contribution in [2.75, 3.05) is 13.2 Å². The van der Waals surface area contributed by atoms with Crippen LogP contribution in [0.3, 0.4) is 0 Å². The van der Waals surface area contributed by atoms with Crippen molar-refractivity contribution in [2.24, 2.45) is 0 Å². The third kappa shape index (κ3) is 14.6. The quantitative estimate of drug-likeness (QED) is 0.118. The van der Waals surface area contributed by atoms with E-state index in [2.05, 4.69) is 37.6 Å². The molecule has 1 aromatic heterocycles. The topological polar surface area (TPSA) is 18.5 Å². The van der Waals surface area contributed by atoms with Crippen LogP contribution in [0, 0.1) is 0 Å². The van der Waals surface area contributed by atoms with Crippen LogP contribution in [0.2, 0.25) is 0 Å². The fourth-order valence-corrected chi connectivity index (χ4v) is 6.33. The van der Waals surface area contributed by atoms with Crippen LogP contribution in [0.5, 0.6) is 0 Å². The number of unbranched alkanes of at least 4 members (excludes halogenated alkanes) is 10. The molecule has 2 atom stereocenters. The number of hydrogen-bond donors (Lipinski definition) is 0. The average molecular weight is 500 g/mol. The summed E-state index contributed by atoms with van der Waals surface area (Å²) < 4.78 is 12.3. The summed E-state index contributed by atoms with van der Waals surface area (Å²) in [4.78, 5) is 5.01. The first-order valence-corrected chi connectivity index (χ1v) is 15.5. The van der Waals surface area contributed by atoms with E-state index in [1.165, 1.54) is 89.9 Å². The van der Waals surface area contributed by atoms with Gasteiger partial charge >= 0.3 is 201 Å². The molecule has 0 aliphatic rings. The van der Waals surface area contributed by atoms with Crippen molar-refractivity contribution in [1.29, 1.82) is 0 Å². The van der Waals surface area contributed by atoms with Gasteiger partial charge in [-0.05, 0) is 0 Å². The maximum absolute atomic E-state index is 6.15. The molecule has 0 spiro atoms. The van der Waals surface area contributed by atoms with Gasteiger partial charge in [-0.25, -0.2) is 0 Å². The molecule has 3 heteroatoms. The van der Waals surface area contributed by atoms with Gasteiger partial charge in [0.15, 0.2) is 0 Å². The van der Waals surface area contributed by atoms with Crippen LogP contribution in [0.4, 0.5) is 0 Å². The van der Waals surface area contributed by atoms with Crippen LogP contribution in [-0.4, -0.2) is 39.9 Å². The van der Waals surface area contributed by atoms with E-state index in [1.807, 2.05) is 0 Å². The SMILES string of the molecule is CCCCCCCCC(Cc1c[se]cc1CC(CCCCCCCC)OCC)OCC. The minimum atomic E-state index is 0.392. The first-order valence-electron chi connectivity index (χ1n) is 13.5. The van der Waals surface area contributed by atoms with E-state index in [1.54, 1.807) is 11.1 Å². The van der Waals surface area contributed by atoms with Crippen LogP contribution in [0.1, 0.15) is 129 Å². The van der Waals surface area contributed by atoms with Crippen molar-refractivity contribution in [1.82, 2.24) is 0 Å². The van der Waals surface area contributed by atoms with Gasteiger partial charge in [0, 0.05) is 0 Å². The standard InChI is InChI=1S/C28H52O2Se/c1-5-9-11-13-15-17-19-27(29-7-3)21-25-23-31-24-26(25)22-28(30-8-4)20-18-16-14-12-10-6-2/h23-24,27-28H,5-22H2,1-4H3. The molecule has 0 aromatic carbocycles. The van der Waals surface area contributed by atoms with E-state index in [0.29, 0.717) is 26.7 Å². The van der Waals surface area contributed by atoms with Crippen LogP contribution >= 0.6 is 0 Å². The van der Waals surface area contributed by atoms with Crippen LogP contribution in [0.15, 0.2) is 9.88 Å². The van der Waals surface area contributed by atoms with Crippen molar-refractivity contribution >= 4 is 14.5 Å². The fraction of sp³-hybridized carbons (Fsp3) is 0.857. The first-order chi connectivity index (χ1) is 15.2. The number of rotatable bonds is 22. The Balaban J connectivity index is 2.48. The Kier molecular flexibility index (Phi) is 19.2. The third-order valence-corrected chi connectivity index (χ3v) is 8.06. The summed E-state index contributed by atoms with van der Waals surface area (Å²) in [7, 11) is 0. The summed E-state index contributed by atoms with van der Waals surface area (Å²) in [6.45, 7) is 10.5. The van der Waals surface area contributed by atoms with Crippen molar-refractivity contribution < 1.29 is 9.47 Å². The van der Waals surface area contributed by atoms with Gasteiger partial charge in [-0.2, -0.15) is 0 Å². The molecular weight excluding hydrogens is 447 g/mol. The summed E-state index contributed by atoms with van der Waals surface area (Å²) in [5.74, 6) is 0. The van der Waals surface area contributed by atoms with E-state index in [9.17, 15) is 0 Å². The zero-order chi connectivity index (χ0) is 22.6. The van der Waals surface area contributed by atoms with Gasteiger partial charge in [-0.1, -0.05) is 0 Å². The summed E-state index contributed by atoms with van der Waals surface area (Å²) >= 11 is 0.526. The molecule has 1 aromatic rings. The fourth-order valence-electron chi connectivity index (χ4n) is 4.46. The molecule has 0 bridgehead atoms. The van der Waals surface area contributed by atoms with Crippen molar-refractivity contribution in [3.05, 3.63) is 21.0 Å². The van der Waals surface area contributed by atoms with Gasteiger partial charge in [0.1, 0.15) is 0 Å². The Morgan fingerprint density at radius 1 is 0.581 bits per heavy atom. The molecule has 31 heavy (non-hydrogen) atoms. The molecule has 1 rings (SSSR count). The molecule has 0 fully saturated rings. The van der Waals surface area contributed by atoms with Crippen LogP contribution in [0.25, 0.3) is 0 Å². The van der Waals surface area contributed by atoms with Gasteiger partial charge in [-0.15, -0.1) is 0 Å². The molecule has 2 nitrogen and oxygen atoms in total. The summed E-state index contributed by atoms with van der Waals surface area (Å²) in [6, 6.07) is 0. The summed E-state index contributed by atoms with van der Waals surface area (Å²) in [5.41, 5.74) is 3.13. The maximum atomic E-state index is 6.15. The normalized spacial score (nSPS) is 13.5. The van der Waals surface area contributed by atoms with E-state index >= 15 is 0 Å². The van der Waals surface area contributed by atoms with Crippen molar-refractivity contribution in [2.45, 2.75) is 143 Å². The molecule has 2 unspecified atom stereocenters. The Bertz CT molecular complexity index is 456. The van der Waals surface area contributed by atoms with Crippen molar-refractivity contribution in [3.63, 3.8) is 0 Å². The molecule has 0 saturated heterocycles. The zero-order valence-electron chi connectivity index (χ0n) is 21.3. The molecule has 0 aliphatic heterocycles. The van der Waals surface area contributed by atoms with Gasteiger partial charge in [0.05, 0.1) is 0 Å². The molecule has 0 N–H and O–H groups in total. The molecule has 1 heterocycles. The second kappa shape index (κ2) is 20.5. The molecular formula is C28H52O2Se. The van der Waals surface area contributed by atoms with Crippen molar-refractivity contribution in [3.8, 4) is 0 Å². The number of ether oxygens (including phenoxy) is 2. The average Bonchev–Trinajstić information content (AvgIpc) is 3.19. The molecule has 0 radical (unpaired) electrons. The van der Waals surface area contributed by atoms with E-state index < -0.39 is 0 Å². The summed E-state index contributed by atoms with van der Waals surface area (Å²) in [6.07, 6.45) is 21.8. The molecule has 0 aliphatic carbocycles. The third-order valence-electron chi connectivity index (χ3n) is 6.29. The predicted octanol–water partition coefficient (Wildman–Crippen LogP) is 8.14. The minimum absolute atomic E-state index is 0.392. The Labute approximate surface area is 200 Å². The second-order valence-electron chi connectivity index (χ2n) is 9.10. The van der Waals surface area contributed by atoms with Gasteiger partial charge in [0.25, 0.3) is 0 Å². The number of hydrogen-bond acceptors (Lipinski definition) is 2. The van der Waals surface area contributed by atoms with E-state index in [4.69, 9.17) is 9.47 Å². The molecule has 0 saturated carbocycles. The van der Waals surface area contributed by atoms with Gasteiger partial charge in [0.2, 0.25) is 0 Å². The predicted molar refractivity (Wildman–Crippen MR) is 138 cm³/mol. The van der Waals surface area contributed by atoms with Gasteiger partial charge in [-0.3, -0.25) is 0 Å². The van der Waals surface area contributed by atoms with Crippen LogP contribution in [-0.2, 0) is 22.3 Å². The van der Waals surface area contributed by atoms with E-state index in [0.717, 1.165) is 26.1 Å². The Morgan fingerprint density at radius 2 is 0.968 bits per heavy atom. The molecule has 0 amide bonds. The van der Waals surface area contributed by atoms with E-state index in [-0.39, 0.29) is 0 Å². The zero-order valence-corrected chi connectivity index (χ0v) is 23.0. The first kappa shape index (κ1) is 29.0. The Hall–Kier alpha value is -0.0805.